The second-order valence-electron chi connectivity index (χ2n) is 3.60. The molecule has 1 aliphatic rings. The number of esters is 1. The molecule has 17 heavy (non-hydrogen) atoms. The third-order valence-electron chi connectivity index (χ3n) is 2.48. The Balaban J connectivity index is 1.85. The summed E-state index contributed by atoms with van der Waals surface area (Å²) in [7, 11) is 0. The molecule has 0 saturated carbocycles. The van der Waals surface area contributed by atoms with Crippen LogP contribution in [0.3, 0.4) is 0 Å². The molecule has 4 nitrogen and oxygen atoms in total. The van der Waals surface area contributed by atoms with Crippen LogP contribution < -0.4 is 4.90 Å². The van der Waals surface area contributed by atoms with Gasteiger partial charge in [-0.1, -0.05) is 12.1 Å². The Morgan fingerprint density at radius 3 is 3.12 bits per heavy atom. The van der Waals surface area contributed by atoms with Crippen LogP contribution in [-0.4, -0.2) is 31.3 Å². The number of ether oxygens (including phenoxy) is 1. The van der Waals surface area contributed by atoms with Gasteiger partial charge in [0, 0.05) is 11.4 Å². The largest absolute Gasteiger partial charge is 0.458 e. The number of nitrogens with zero attached hydrogens (tertiary/aromatic N) is 1. The van der Waals surface area contributed by atoms with Gasteiger partial charge in [0.2, 0.25) is 0 Å². The molecular formula is C12H13NO3S. The Morgan fingerprint density at radius 1 is 1.47 bits per heavy atom. The smallest absolute Gasteiger partial charge is 0.308 e. The highest BCUT2D eigenvalue weighted by atomic mass is 32.2. The molecular weight excluding hydrogens is 238 g/mol. The molecule has 0 N–H and O–H groups in total. The molecule has 1 heterocycles. The fraction of sp³-hybridized carbons (Fsp3) is 0.333. The Morgan fingerprint density at radius 2 is 2.29 bits per heavy atom. The van der Waals surface area contributed by atoms with E-state index in [1.54, 1.807) is 11.8 Å². The lowest BCUT2D eigenvalue weighted by atomic mass is 10.3. The van der Waals surface area contributed by atoms with Crippen molar-refractivity contribution < 1.29 is 14.3 Å². The first-order chi connectivity index (χ1) is 8.31. The number of hydrogen-bond donors (Lipinski definition) is 0. The first-order valence-corrected chi connectivity index (χ1v) is 6.36. The third kappa shape index (κ3) is 3.00. The van der Waals surface area contributed by atoms with Crippen molar-refractivity contribution in [2.75, 3.05) is 23.9 Å². The van der Waals surface area contributed by atoms with E-state index in [9.17, 15) is 9.59 Å². The number of hydrogen-bond acceptors (Lipinski definition) is 5. The Hall–Kier alpha value is -1.49. The molecule has 5 heteroatoms. The third-order valence-corrected chi connectivity index (χ3v) is 3.58. The van der Waals surface area contributed by atoms with E-state index in [4.69, 9.17) is 4.74 Å². The van der Waals surface area contributed by atoms with E-state index in [2.05, 4.69) is 11.0 Å². The highest BCUT2D eigenvalue weighted by molar-refractivity contribution is 7.99. The highest BCUT2D eigenvalue weighted by Crippen LogP contribution is 2.37. The number of fused-ring (bicyclic) bond motifs is 1. The van der Waals surface area contributed by atoms with Crippen LogP contribution in [-0.2, 0) is 14.3 Å². The second kappa shape index (κ2) is 5.72. The number of rotatable bonds is 5. The van der Waals surface area contributed by atoms with Gasteiger partial charge in [0.25, 0.3) is 0 Å². The van der Waals surface area contributed by atoms with Gasteiger partial charge in [-0.3, -0.25) is 9.59 Å². The van der Waals surface area contributed by atoms with E-state index in [0.717, 1.165) is 5.88 Å². The van der Waals surface area contributed by atoms with Crippen molar-refractivity contribution in [3.8, 4) is 0 Å². The minimum Gasteiger partial charge on any atom is -0.458 e. The number of benzene rings is 1. The number of thioether (sulfide) groups is 1. The van der Waals surface area contributed by atoms with Crippen LogP contribution >= 0.6 is 11.8 Å². The predicted octanol–water partition coefficient (Wildman–Crippen LogP) is 1.69. The van der Waals surface area contributed by atoms with Crippen LogP contribution in [0.1, 0.15) is 6.42 Å². The van der Waals surface area contributed by atoms with Gasteiger partial charge in [-0.2, -0.15) is 0 Å². The van der Waals surface area contributed by atoms with Crippen LogP contribution in [0.2, 0.25) is 0 Å². The van der Waals surface area contributed by atoms with E-state index < -0.39 is 0 Å². The van der Waals surface area contributed by atoms with Crippen molar-refractivity contribution >= 4 is 29.7 Å². The molecule has 0 amide bonds. The average molecular weight is 251 g/mol. The summed E-state index contributed by atoms with van der Waals surface area (Å²) in [6.45, 7) is 0.478. The zero-order chi connectivity index (χ0) is 12.1. The predicted molar refractivity (Wildman–Crippen MR) is 66.2 cm³/mol. The number of anilines is 1. The quantitative estimate of drug-likeness (QED) is 0.588. The van der Waals surface area contributed by atoms with Crippen LogP contribution in [0.4, 0.5) is 5.69 Å². The molecule has 0 fully saturated rings. The SMILES string of the molecule is O=CCOC(=O)CCN1CSc2ccccc21. The van der Waals surface area contributed by atoms with Gasteiger partial charge in [-0.15, -0.1) is 11.8 Å². The summed E-state index contributed by atoms with van der Waals surface area (Å²) in [6, 6.07) is 8.12. The standard InChI is InChI=1S/C12H13NO3S/c14-7-8-16-12(15)5-6-13-9-17-11-4-2-1-3-10(11)13/h1-4,7H,5-6,8-9H2. The van der Waals surface area contributed by atoms with E-state index in [0.29, 0.717) is 19.3 Å². The average Bonchev–Trinajstić information content (AvgIpc) is 2.77. The Bertz CT molecular complexity index is 422. The number of carbonyl (C=O) groups is 2. The summed E-state index contributed by atoms with van der Waals surface area (Å²) >= 11 is 1.76. The Kier molecular flexibility index (Phi) is 4.03. The van der Waals surface area contributed by atoms with Crippen LogP contribution in [0.5, 0.6) is 0 Å². The minimum atomic E-state index is -0.327. The summed E-state index contributed by atoms with van der Waals surface area (Å²) < 4.78 is 4.70. The molecule has 1 aromatic rings. The maximum atomic E-state index is 11.3. The topological polar surface area (TPSA) is 46.6 Å². The molecule has 0 aromatic heterocycles. The normalized spacial score (nSPS) is 13.3. The molecule has 2 rings (SSSR count). The zero-order valence-electron chi connectivity index (χ0n) is 9.30. The molecule has 0 aliphatic carbocycles. The van der Waals surface area contributed by atoms with Crippen molar-refractivity contribution in [1.82, 2.24) is 0 Å². The summed E-state index contributed by atoms with van der Waals surface area (Å²) in [5.74, 6) is 0.534. The monoisotopic (exact) mass is 251 g/mol. The second-order valence-corrected chi connectivity index (χ2v) is 4.59. The van der Waals surface area contributed by atoms with Crippen molar-refractivity contribution in [2.24, 2.45) is 0 Å². The van der Waals surface area contributed by atoms with Crippen molar-refractivity contribution in [3.63, 3.8) is 0 Å². The van der Waals surface area contributed by atoms with Crippen molar-refractivity contribution in [3.05, 3.63) is 24.3 Å². The van der Waals surface area contributed by atoms with Gasteiger partial charge in [-0.05, 0) is 12.1 Å². The fourth-order valence-corrected chi connectivity index (χ4v) is 2.75. The Labute approximate surface area is 104 Å². The summed E-state index contributed by atoms with van der Waals surface area (Å²) in [6.07, 6.45) is 0.891. The summed E-state index contributed by atoms with van der Waals surface area (Å²) in [4.78, 5) is 24.7. The maximum Gasteiger partial charge on any atom is 0.308 e. The number of carbonyl (C=O) groups excluding carboxylic acids is 2. The molecule has 0 bridgehead atoms. The van der Waals surface area contributed by atoms with Crippen LogP contribution in [0.25, 0.3) is 0 Å². The lowest BCUT2D eigenvalue weighted by molar-refractivity contribution is -0.145. The maximum absolute atomic E-state index is 11.3. The van der Waals surface area contributed by atoms with Crippen LogP contribution in [0.15, 0.2) is 29.2 Å². The molecule has 0 atom stereocenters. The summed E-state index contributed by atoms with van der Waals surface area (Å²) in [5, 5.41) is 0. The first-order valence-electron chi connectivity index (χ1n) is 5.37. The lowest BCUT2D eigenvalue weighted by Crippen LogP contribution is -2.23. The van der Waals surface area contributed by atoms with Gasteiger partial charge >= 0.3 is 5.97 Å². The van der Waals surface area contributed by atoms with Gasteiger partial charge < -0.3 is 9.64 Å². The van der Waals surface area contributed by atoms with Crippen LogP contribution in [0, 0.1) is 0 Å². The van der Waals surface area contributed by atoms with Gasteiger partial charge in [0.05, 0.1) is 18.0 Å². The molecule has 0 saturated heterocycles. The lowest BCUT2D eigenvalue weighted by Gasteiger charge is -2.17. The van der Waals surface area contributed by atoms with E-state index in [1.165, 1.54) is 10.6 Å². The first kappa shape index (κ1) is 12.0. The molecule has 0 unspecified atom stereocenters. The van der Waals surface area contributed by atoms with E-state index in [1.807, 2.05) is 18.2 Å². The van der Waals surface area contributed by atoms with Crippen molar-refractivity contribution in [1.29, 1.82) is 0 Å². The van der Waals surface area contributed by atoms with E-state index >= 15 is 0 Å². The summed E-state index contributed by atoms with van der Waals surface area (Å²) in [5.41, 5.74) is 1.17. The fourth-order valence-electron chi connectivity index (χ4n) is 1.67. The molecule has 1 aromatic carbocycles. The van der Waals surface area contributed by atoms with Gasteiger partial charge in [0.1, 0.15) is 6.61 Å². The van der Waals surface area contributed by atoms with Gasteiger partial charge in [-0.25, -0.2) is 0 Å². The molecule has 0 spiro atoms. The number of aldehydes is 1. The molecule has 1 aliphatic heterocycles. The highest BCUT2D eigenvalue weighted by Gasteiger charge is 2.19. The minimum absolute atomic E-state index is 0.149. The van der Waals surface area contributed by atoms with E-state index in [-0.39, 0.29) is 12.6 Å². The molecule has 90 valence electrons. The zero-order valence-corrected chi connectivity index (χ0v) is 10.1. The van der Waals surface area contributed by atoms with Gasteiger partial charge in [0.15, 0.2) is 6.29 Å². The number of para-hydroxylation sites is 1. The van der Waals surface area contributed by atoms with Crippen molar-refractivity contribution in [2.45, 2.75) is 11.3 Å². The molecule has 0 radical (unpaired) electrons.